The molecular weight excluding hydrogens is 1120 g/mol. The second kappa shape index (κ2) is 16.4. The Kier molecular flexibility index (Phi) is 14.0. The summed E-state index contributed by atoms with van der Waals surface area (Å²) in [6.07, 6.45) is -9.93. The number of fused-ring (bicyclic) bond motifs is 5. The maximum atomic E-state index is 14.6. The van der Waals surface area contributed by atoms with Gasteiger partial charge in [-0.25, -0.2) is 14.4 Å². The van der Waals surface area contributed by atoms with E-state index in [4.69, 9.17) is 18.9 Å². The molecule has 6 N–H and O–H groups in total. The Labute approximate surface area is 380 Å². The number of Topliss-reactive ketones (excluding diaryl/α,β-unsaturated/α-hetero) is 1. The molecule has 4 fully saturated rings. The minimum absolute atomic E-state index is 0. The first-order valence-electron chi connectivity index (χ1n) is 17.6. The van der Waals surface area contributed by atoms with Gasteiger partial charge >= 0.3 is 18.0 Å². The van der Waals surface area contributed by atoms with E-state index in [0.717, 1.165) is 0 Å². The molecule has 6 rings (SSSR count). The predicted octanol–water partition coefficient (Wildman–Crippen LogP) is 1.34. The maximum absolute atomic E-state index is 14.6. The Morgan fingerprint density at radius 1 is 1.00 bits per heavy atom. The van der Waals surface area contributed by atoms with Crippen LogP contribution in [0.25, 0.3) is 0 Å². The van der Waals surface area contributed by atoms with Crippen LogP contribution in [0.5, 0.6) is 0 Å². The summed E-state index contributed by atoms with van der Waals surface area (Å²) in [6.45, 7) is 9.05. The van der Waals surface area contributed by atoms with Crippen molar-refractivity contribution in [1.29, 1.82) is 0 Å². The van der Waals surface area contributed by atoms with E-state index in [1.807, 2.05) is 0 Å². The molecule has 0 spiro atoms. The molecule has 2 radical (unpaired) electrons. The fourth-order valence-corrected chi connectivity index (χ4v) is 9.03. The summed E-state index contributed by atoms with van der Waals surface area (Å²) in [5.41, 5.74) is -7.34. The smallest absolute Gasteiger partial charge is 0.407 e. The molecule has 0 aromatic heterocycles. The Bertz CT molecular complexity index is 1620. The molecule has 1 amide bonds. The number of ether oxygens (including phenoxy) is 4. The number of amides is 1. The molecule has 53 heavy (non-hydrogen) atoms. The quantitative estimate of drug-likeness (QED) is 0.123. The van der Waals surface area contributed by atoms with Gasteiger partial charge in [0.15, 0.2) is 11.9 Å². The number of rotatable bonds is 8. The zero-order valence-electron chi connectivity index (χ0n) is 30.9. The Morgan fingerprint density at radius 2 is 1.62 bits per heavy atom. The van der Waals surface area contributed by atoms with Gasteiger partial charge in [-0.2, -0.15) is 0 Å². The van der Waals surface area contributed by atoms with Gasteiger partial charge in [-0.15, -0.1) is 0 Å². The molecule has 14 nitrogen and oxygen atoms in total. The summed E-state index contributed by atoms with van der Waals surface area (Å²) in [4.78, 5) is 54.5. The van der Waals surface area contributed by atoms with Crippen LogP contribution in [0.1, 0.15) is 77.6 Å². The number of hydrogen-bond donors (Lipinski definition) is 6. The van der Waals surface area contributed by atoms with Gasteiger partial charge in [0.1, 0.15) is 29.5 Å². The minimum Gasteiger partial charge on any atom is -0.456 e. The summed E-state index contributed by atoms with van der Waals surface area (Å²) in [5.74, 6) is -4.62. The van der Waals surface area contributed by atoms with Gasteiger partial charge in [-0.05, 0) is 69.7 Å². The van der Waals surface area contributed by atoms with Crippen LogP contribution < -0.4 is 5.32 Å². The van der Waals surface area contributed by atoms with Gasteiger partial charge in [-0.1, -0.05) is 32.0 Å². The zero-order valence-corrected chi connectivity index (χ0v) is 40.3. The normalized spacial score (nSPS) is 36.7. The number of ketones is 1. The number of hydrogen-bond acceptors (Lipinski definition) is 13. The van der Waals surface area contributed by atoms with Crippen molar-refractivity contribution in [2.24, 2.45) is 22.7 Å². The maximum Gasteiger partial charge on any atom is 0.407 e. The molecule has 4 aliphatic carbocycles. The third-order valence-corrected chi connectivity index (χ3v) is 12.2. The number of benzene rings is 1. The van der Waals surface area contributed by atoms with Crippen LogP contribution in [-0.2, 0) is 28.5 Å². The Morgan fingerprint density at radius 3 is 2.17 bits per heavy atom. The number of esters is 2. The van der Waals surface area contributed by atoms with Gasteiger partial charge in [0, 0.05) is 112 Å². The molecule has 1 saturated heterocycles. The largest absolute Gasteiger partial charge is 0.456 e. The molecule has 2 bridgehead atoms. The van der Waals surface area contributed by atoms with E-state index in [1.54, 1.807) is 45.9 Å². The topological polar surface area (TPSA) is 218 Å². The van der Waals surface area contributed by atoms with Crippen LogP contribution in [0, 0.1) is 111 Å². The third kappa shape index (κ3) is 7.64. The minimum atomic E-state index is -2.27. The third-order valence-electron chi connectivity index (χ3n) is 12.2. The van der Waals surface area contributed by atoms with Crippen molar-refractivity contribution in [2.75, 3.05) is 6.61 Å². The average molecular weight is 1170 g/mol. The van der Waals surface area contributed by atoms with Crippen molar-refractivity contribution in [3.05, 3.63) is 47.0 Å². The molecule has 3 saturated carbocycles. The molecule has 11 atom stereocenters. The number of nitrogens with one attached hydrogen (secondary N) is 1. The molecule has 1 aromatic carbocycles. The molecular formula is C37H49Ac2NO13. The van der Waals surface area contributed by atoms with Crippen LogP contribution in [0.2, 0.25) is 0 Å². The van der Waals surface area contributed by atoms with Crippen molar-refractivity contribution in [1.82, 2.24) is 5.32 Å². The summed E-state index contributed by atoms with van der Waals surface area (Å²) >= 11 is 0. The van der Waals surface area contributed by atoms with Gasteiger partial charge in [0.05, 0.1) is 41.9 Å². The van der Waals surface area contributed by atoms with Crippen LogP contribution in [0.15, 0.2) is 41.5 Å². The van der Waals surface area contributed by atoms with Crippen molar-refractivity contribution in [2.45, 2.75) is 127 Å². The van der Waals surface area contributed by atoms with Crippen LogP contribution in [-0.4, -0.2) is 116 Å². The van der Waals surface area contributed by atoms with Crippen LogP contribution in [0.3, 0.4) is 0 Å². The van der Waals surface area contributed by atoms with E-state index < -0.39 is 107 Å². The average Bonchev–Trinajstić information content (AvgIpc) is 3.91. The van der Waals surface area contributed by atoms with Crippen molar-refractivity contribution in [3.8, 4) is 0 Å². The Hall–Kier alpha value is -0.517. The first-order valence-corrected chi connectivity index (χ1v) is 17.6. The second-order valence-corrected chi connectivity index (χ2v) is 15.9. The molecule has 16 heteroatoms. The number of alkyl carbamates (subject to hydrolysis) is 1. The molecule has 1 aromatic rings. The summed E-state index contributed by atoms with van der Waals surface area (Å²) in [5, 5.41) is 62.6. The van der Waals surface area contributed by atoms with Crippen molar-refractivity contribution in [3.63, 3.8) is 0 Å². The van der Waals surface area contributed by atoms with Gasteiger partial charge in [0.2, 0.25) is 0 Å². The molecule has 1 aliphatic heterocycles. The first-order chi connectivity index (χ1) is 23.8. The number of carbonyl (C=O) groups is 4. The van der Waals surface area contributed by atoms with Crippen LogP contribution >= 0.6 is 0 Å². The Balaban J connectivity index is 0.00000314. The van der Waals surface area contributed by atoms with Crippen molar-refractivity contribution >= 4 is 23.8 Å². The van der Waals surface area contributed by atoms with E-state index in [0.29, 0.717) is 12.8 Å². The van der Waals surface area contributed by atoms with E-state index in [9.17, 15) is 44.7 Å². The fourth-order valence-electron chi connectivity index (χ4n) is 9.03. The second-order valence-electron chi connectivity index (χ2n) is 15.9. The standard InChI is InChI=1S/C37H49NO13.2Ac/c1-17(2)49-33(45)38-25(19-12-13-19)27(41)32(44)50-21-15-37(47)30(51-31(43)20-10-8-7-9-11-20)28-35(6,22(39)14-23-36(28,46)16-48-23)29(42)26(40)24(18(21)3)34(37,4)5;;/h7-11,17,19,21-23,25-28,30,39-41,46-47H,12-16H2,1-6H3,(H,38,45);;/t21?,22?,23?,25?,26?,27?,28?,30?,35-,36+,37?;;/m1../s1. The monoisotopic (exact) mass is 1170 g/mol. The number of aliphatic hydroxyl groups is 5. The van der Waals surface area contributed by atoms with Gasteiger partial charge in [0.25, 0.3) is 0 Å². The van der Waals surface area contributed by atoms with Gasteiger partial charge in [-0.3, -0.25) is 4.79 Å². The van der Waals surface area contributed by atoms with E-state index in [-0.39, 0.29) is 124 Å². The number of carbonyl (C=O) groups excluding carboxylic acids is 4. The SMILES string of the molecule is CC1=C2C(O)C(=O)[C@]3(C)C(O)CC4OC[C@@]4(O)C3C(OC(=O)c3ccccc3)C(O)(CC1OC(=O)C(O)C(NC(=O)OC(C)C)C1CC1)C2(C)C.[Ac].[Ac]. The fraction of sp³-hybridized carbons (Fsp3) is 0.676. The van der Waals surface area contributed by atoms with Gasteiger partial charge < -0.3 is 49.8 Å². The summed E-state index contributed by atoms with van der Waals surface area (Å²) in [6, 6.07) is 6.88. The summed E-state index contributed by atoms with van der Waals surface area (Å²) < 4.78 is 22.8. The molecule has 9 unspecified atom stereocenters. The van der Waals surface area contributed by atoms with E-state index in [1.165, 1.54) is 26.0 Å². The predicted molar refractivity (Wildman–Crippen MR) is 177 cm³/mol. The molecule has 286 valence electrons. The number of aliphatic hydroxyl groups excluding tert-OH is 3. The first kappa shape index (κ1) is 45.2. The van der Waals surface area contributed by atoms with Crippen LogP contribution in [0.4, 0.5) is 4.79 Å². The molecule has 5 aliphatic rings. The molecule has 1 heterocycles. The van der Waals surface area contributed by atoms with E-state index in [2.05, 4.69) is 5.32 Å². The van der Waals surface area contributed by atoms with Crippen molar-refractivity contribution < 1.29 is 152 Å². The zero-order chi connectivity index (χ0) is 37.4. The van der Waals surface area contributed by atoms with E-state index >= 15 is 0 Å². The summed E-state index contributed by atoms with van der Waals surface area (Å²) in [7, 11) is 0.